The average Bonchev–Trinajstić information content (AvgIpc) is 2.29. The second-order valence-electron chi connectivity index (χ2n) is 3.25. The lowest BCUT2D eigenvalue weighted by molar-refractivity contribution is -0.120. The van der Waals surface area contributed by atoms with Gasteiger partial charge in [-0.3, -0.25) is 4.79 Å². The smallest absolute Gasteiger partial charge is 0.222 e. The number of nitrogens with one attached hydrogen (secondary N) is 2. The summed E-state index contributed by atoms with van der Waals surface area (Å²) in [6.07, 6.45) is 4.37. The van der Waals surface area contributed by atoms with Gasteiger partial charge in [0.25, 0.3) is 0 Å². The molecule has 0 unspecified atom stereocenters. The van der Waals surface area contributed by atoms with E-state index < -0.39 is 0 Å². The van der Waals surface area contributed by atoms with E-state index in [-0.39, 0.29) is 5.91 Å². The van der Waals surface area contributed by atoms with Crippen molar-refractivity contribution in [1.29, 1.82) is 0 Å². The summed E-state index contributed by atoms with van der Waals surface area (Å²) < 4.78 is 0. The Bertz CT molecular complexity index is 328. The SMILES string of the molecule is CCCNC(=O)CCNc1ncc(Cl)cn1. The summed E-state index contributed by atoms with van der Waals surface area (Å²) >= 11 is 5.64. The van der Waals surface area contributed by atoms with Gasteiger partial charge < -0.3 is 10.6 Å². The first-order chi connectivity index (χ1) is 7.72. The van der Waals surface area contributed by atoms with E-state index in [1.807, 2.05) is 6.92 Å². The molecule has 0 spiro atoms. The zero-order valence-corrected chi connectivity index (χ0v) is 9.92. The van der Waals surface area contributed by atoms with Gasteiger partial charge in [-0.2, -0.15) is 0 Å². The first kappa shape index (κ1) is 12.7. The zero-order valence-electron chi connectivity index (χ0n) is 9.16. The van der Waals surface area contributed by atoms with Gasteiger partial charge in [-0.1, -0.05) is 18.5 Å². The third-order valence-corrected chi connectivity index (χ3v) is 2.02. The fraction of sp³-hybridized carbons (Fsp3) is 0.500. The number of rotatable bonds is 6. The van der Waals surface area contributed by atoms with Crippen LogP contribution in [0.15, 0.2) is 12.4 Å². The van der Waals surface area contributed by atoms with Crippen LogP contribution in [0.3, 0.4) is 0 Å². The van der Waals surface area contributed by atoms with Crippen LogP contribution in [0.25, 0.3) is 0 Å². The third kappa shape index (κ3) is 4.93. The van der Waals surface area contributed by atoms with Crippen molar-refractivity contribution >= 4 is 23.5 Å². The van der Waals surface area contributed by atoms with Gasteiger partial charge >= 0.3 is 0 Å². The molecular weight excluding hydrogens is 228 g/mol. The van der Waals surface area contributed by atoms with Gasteiger partial charge in [0.2, 0.25) is 11.9 Å². The molecule has 16 heavy (non-hydrogen) atoms. The lowest BCUT2D eigenvalue weighted by Crippen LogP contribution is -2.26. The molecule has 1 amide bonds. The van der Waals surface area contributed by atoms with E-state index in [0.29, 0.717) is 23.9 Å². The Hall–Kier alpha value is -1.36. The molecule has 88 valence electrons. The minimum Gasteiger partial charge on any atom is -0.356 e. The molecule has 0 radical (unpaired) electrons. The lowest BCUT2D eigenvalue weighted by Gasteiger charge is -2.05. The van der Waals surface area contributed by atoms with Crippen molar-refractivity contribution in [3.8, 4) is 0 Å². The predicted octanol–water partition coefficient (Wildman–Crippen LogP) is 1.46. The van der Waals surface area contributed by atoms with Crippen molar-refractivity contribution in [3.05, 3.63) is 17.4 Å². The number of carbonyl (C=O) groups excluding carboxylic acids is 1. The number of hydrogen-bond acceptors (Lipinski definition) is 4. The van der Waals surface area contributed by atoms with Crippen LogP contribution < -0.4 is 10.6 Å². The van der Waals surface area contributed by atoms with Crippen LogP contribution in [-0.2, 0) is 4.79 Å². The molecule has 0 saturated heterocycles. The molecule has 0 atom stereocenters. The molecule has 0 saturated carbocycles. The van der Waals surface area contributed by atoms with E-state index >= 15 is 0 Å². The molecule has 1 heterocycles. The van der Waals surface area contributed by atoms with E-state index in [4.69, 9.17) is 11.6 Å². The number of amides is 1. The quantitative estimate of drug-likeness (QED) is 0.793. The third-order valence-electron chi connectivity index (χ3n) is 1.83. The second-order valence-corrected chi connectivity index (χ2v) is 3.69. The maximum atomic E-state index is 11.2. The fourth-order valence-electron chi connectivity index (χ4n) is 1.04. The summed E-state index contributed by atoms with van der Waals surface area (Å²) in [4.78, 5) is 19.1. The molecule has 5 nitrogen and oxygen atoms in total. The van der Waals surface area contributed by atoms with Gasteiger partial charge in [-0.05, 0) is 6.42 Å². The summed E-state index contributed by atoms with van der Waals surface area (Å²) in [6.45, 7) is 3.24. The summed E-state index contributed by atoms with van der Waals surface area (Å²) in [5, 5.41) is 6.22. The Labute approximate surface area is 99.6 Å². The Morgan fingerprint density at radius 2 is 2.06 bits per heavy atom. The van der Waals surface area contributed by atoms with Crippen LogP contribution in [0, 0.1) is 0 Å². The highest BCUT2D eigenvalue weighted by Crippen LogP contribution is 2.05. The van der Waals surface area contributed by atoms with Crippen molar-refractivity contribution in [3.63, 3.8) is 0 Å². The molecule has 6 heteroatoms. The summed E-state index contributed by atoms with van der Waals surface area (Å²) in [5.74, 6) is 0.510. The van der Waals surface area contributed by atoms with Crippen molar-refractivity contribution in [2.45, 2.75) is 19.8 Å². The molecule has 0 aromatic carbocycles. The molecule has 1 rings (SSSR count). The second kappa shape index (κ2) is 7.00. The van der Waals surface area contributed by atoms with E-state index in [2.05, 4.69) is 20.6 Å². The zero-order chi connectivity index (χ0) is 11.8. The van der Waals surface area contributed by atoms with E-state index in [1.54, 1.807) is 0 Å². The van der Waals surface area contributed by atoms with Crippen LogP contribution >= 0.6 is 11.6 Å². The normalized spacial score (nSPS) is 9.88. The first-order valence-electron chi connectivity index (χ1n) is 5.20. The standard InChI is InChI=1S/C10H15ClN4O/c1-2-4-12-9(16)3-5-13-10-14-6-8(11)7-15-10/h6-7H,2-5H2,1H3,(H,12,16)(H,13,14,15). The average molecular weight is 243 g/mol. The fourth-order valence-corrected chi connectivity index (χ4v) is 1.14. The molecule has 1 aromatic rings. The van der Waals surface area contributed by atoms with Crippen molar-refractivity contribution in [2.75, 3.05) is 18.4 Å². The molecule has 0 aliphatic heterocycles. The maximum Gasteiger partial charge on any atom is 0.222 e. The molecule has 1 aromatic heterocycles. The molecular formula is C10H15ClN4O. The number of hydrogen-bond donors (Lipinski definition) is 2. The lowest BCUT2D eigenvalue weighted by atomic mass is 10.4. The van der Waals surface area contributed by atoms with Crippen LogP contribution in [0.2, 0.25) is 5.02 Å². The summed E-state index contributed by atoms with van der Waals surface area (Å²) in [7, 11) is 0. The van der Waals surface area contributed by atoms with Crippen LogP contribution in [0.4, 0.5) is 5.95 Å². The van der Waals surface area contributed by atoms with Gasteiger partial charge in [0.1, 0.15) is 0 Å². The minimum atomic E-state index is 0.0308. The summed E-state index contributed by atoms with van der Waals surface area (Å²) in [6, 6.07) is 0. The van der Waals surface area contributed by atoms with Crippen LogP contribution in [-0.4, -0.2) is 29.0 Å². The van der Waals surface area contributed by atoms with Crippen LogP contribution in [0.5, 0.6) is 0 Å². The molecule has 0 fully saturated rings. The van der Waals surface area contributed by atoms with E-state index in [0.717, 1.165) is 13.0 Å². The molecule has 0 bridgehead atoms. The Morgan fingerprint density at radius 1 is 1.38 bits per heavy atom. The number of carbonyl (C=O) groups is 1. The molecule has 2 N–H and O–H groups in total. The maximum absolute atomic E-state index is 11.2. The molecule has 0 aliphatic carbocycles. The highest BCUT2D eigenvalue weighted by molar-refractivity contribution is 6.30. The van der Waals surface area contributed by atoms with Crippen molar-refractivity contribution in [2.24, 2.45) is 0 Å². The van der Waals surface area contributed by atoms with E-state index in [9.17, 15) is 4.79 Å². The van der Waals surface area contributed by atoms with Crippen molar-refractivity contribution < 1.29 is 4.79 Å². The number of aromatic nitrogens is 2. The van der Waals surface area contributed by atoms with Gasteiger partial charge in [-0.15, -0.1) is 0 Å². The van der Waals surface area contributed by atoms with Gasteiger partial charge in [0, 0.05) is 19.5 Å². The number of nitrogens with zero attached hydrogens (tertiary/aromatic N) is 2. The first-order valence-corrected chi connectivity index (χ1v) is 5.58. The number of halogens is 1. The summed E-state index contributed by atoms with van der Waals surface area (Å²) in [5.41, 5.74) is 0. The minimum absolute atomic E-state index is 0.0308. The Balaban J connectivity index is 2.20. The monoisotopic (exact) mass is 242 g/mol. The predicted molar refractivity (Wildman–Crippen MR) is 63.4 cm³/mol. The Kier molecular flexibility index (Phi) is 5.56. The van der Waals surface area contributed by atoms with Crippen molar-refractivity contribution in [1.82, 2.24) is 15.3 Å². The van der Waals surface area contributed by atoms with Gasteiger partial charge in [0.15, 0.2) is 0 Å². The Morgan fingerprint density at radius 3 is 2.69 bits per heavy atom. The topological polar surface area (TPSA) is 66.9 Å². The van der Waals surface area contributed by atoms with E-state index in [1.165, 1.54) is 12.4 Å². The van der Waals surface area contributed by atoms with Crippen LogP contribution in [0.1, 0.15) is 19.8 Å². The largest absolute Gasteiger partial charge is 0.356 e. The molecule has 0 aliphatic rings. The highest BCUT2D eigenvalue weighted by atomic mass is 35.5. The number of anilines is 1. The van der Waals surface area contributed by atoms with Gasteiger partial charge in [0.05, 0.1) is 17.4 Å². The highest BCUT2D eigenvalue weighted by Gasteiger charge is 2.00. The van der Waals surface area contributed by atoms with Gasteiger partial charge in [-0.25, -0.2) is 9.97 Å².